The first-order valence-electron chi connectivity index (χ1n) is 7.35. The molecule has 5 nitrogen and oxygen atoms in total. The summed E-state index contributed by atoms with van der Waals surface area (Å²) >= 11 is 1.48. The molecule has 2 rings (SSSR count). The van der Waals surface area contributed by atoms with E-state index in [2.05, 4.69) is 10.1 Å². The molecule has 0 saturated heterocycles. The monoisotopic (exact) mass is 384 g/mol. The van der Waals surface area contributed by atoms with Crippen LogP contribution in [0.1, 0.15) is 4.88 Å². The lowest BCUT2D eigenvalue weighted by Crippen LogP contribution is -2.33. The van der Waals surface area contributed by atoms with Gasteiger partial charge in [0.15, 0.2) is 0 Å². The van der Waals surface area contributed by atoms with Gasteiger partial charge in [0, 0.05) is 23.7 Å². The number of alkyl halides is 3. The Kier molecular flexibility index (Phi) is 6.40. The predicted octanol–water partition coefficient (Wildman–Crippen LogP) is 3.76. The zero-order chi connectivity index (χ0) is 19.2. The molecule has 2 amide bonds. The van der Waals surface area contributed by atoms with Crippen LogP contribution in [0.3, 0.4) is 0 Å². The van der Waals surface area contributed by atoms with Crippen LogP contribution in [0.2, 0.25) is 0 Å². The number of anilines is 1. The van der Waals surface area contributed by atoms with E-state index in [1.807, 2.05) is 17.5 Å². The maximum Gasteiger partial charge on any atom is 0.573 e. The van der Waals surface area contributed by atoms with Crippen molar-refractivity contribution in [2.45, 2.75) is 6.36 Å². The van der Waals surface area contributed by atoms with Crippen LogP contribution >= 0.6 is 11.3 Å². The quantitative estimate of drug-likeness (QED) is 0.772. The molecule has 1 aromatic heterocycles. The van der Waals surface area contributed by atoms with Gasteiger partial charge in [0.2, 0.25) is 11.8 Å². The lowest BCUT2D eigenvalue weighted by Gasteiger charge is -2.15. The van der Waals surface area contributed by atoms with E-state index in [0.29, 0.717) is 5.69 Å². The van der Waals surface area contributed by atoms with Gasteiger partial charge in [-0.05, 0) is 41.8 Å². The molecule has 0 aliphatic rings. The number of nitrogens with zero attached hydrogens (tertiary/aromatic N) is 1. The predicted molar refractivity (Wildman–Crippen MR) is 92.7 cm³/mol. The van der Waals surface area contributed by atoms with Crippen molar-refractivity contribution in [3.05, 3.63) is 52.7 Å². The SMILES string of the molecule is CN(CC(=O)Nc1ccc(OC(F)(F)F)cc1)C(=O)/C=C/c1cccs1. The molecule has 0 aliphatic heterocycles. The van der Waals surface area contributed by atoms with E-state index in [0.717, 1.165) is 17.0 Å². The van der Waals surface area contributed by atoms with Gasteiger partial charge in [-0.15, -0.1) is 24.5 Å². The average Bonchev–Trinajstić information content (AvgIpc) is 3.06. The van der Waals surface area contributed by atoms with E-state index >= 15 is 0 Å². The zero-order valence-corrected chi connectivity index (χ0v) is 14.4. The number of carbonyl (C=O) groups is 2. The number of hydrogen-bond donors (Lipinski definition) is 1. The molecule has 0 atom stereocenters. The molecule has 1 aromatic carbocycles. The molecule has 0 radical (unpaired) electrons. The second kappa shape index (κ2) is 8.52. The lowest BCUT2D eigenvalue weighted by molar-refractivity contribution is -0.274. The minimum absolute atomic E-state index is 0.200. The van der Waals surface area contributed by atoms with Gasteiger partial charge in [-0.1, -0.05) is 6.07 Å². The van der Waals surface area contributed by atoms with Gasteiger partial charge < -0.3 is 15.0 Å². The van der Waals surface area contributed by atoms with E-state index in [-0.39, 0.29) is 18.2 Å². The van der Waals surface area contributed by atoms with Gasteiger partial charge in [0.25, 0.3) is 0 Å². The first kappa shape index (κ1) is 19.5. The van der Waals surface area contributed by atoms with Crippen molar-refractivity contribution in [3.8, 4) is 5.75 Å². The molecule has 26 heavy (non-hydrogen) atoms. The fourth-order valence-electron chi connectivity index (χ4n) is 1.90. The van der Waals surface area contributed by atoms with Gasteiger partial charge in [-0.2, -0.15) is 0 Å². The number of thiophene rings is 1. The first-order valence-corrected chi connectivity index (χ1v) is 8.23. The molecule has 138 valence electrons. The molecule has 0 spiro atoms. The Hall–Kier alpha value is -2.81. The van der Waals surface area contributed by atoms with Crippen LogP contribution in [-0.4, -0.2) is 36.7 Å². The minimum Gasteiger partial charge on any atom is -0.406 e. The van der Waals surface area contributed by atoms with Crippen molar-refractivity contribution in [1.29, 1.82) is 0 Å². The first-order chi connectivity index (χ1) is 12.2. The standard InChI is InChI=1S/C17H15F3N2O3S/c1-22(16(24)9-8-14-3-2-10-26-14)11-15(23)21-12-4-6-13(7-5-12)25-17(18,19)20/h2-10H,11H2,1H3,(H,21,23)/b9-8+. The van der Waals surface area contributed by atoms with Crippen molar-refractivity contribution in [2.75, 3.05) is 18.9 Å². The Morgan fingerprint density at radius 3 is 2.50 bits per heavy atom. The Morgan fingerprint density at radius 2 is 1.92 bits per heavy atom. The Balaban J connectivity index is 1.84. The summed E-state index contributed by atoms with van der Waals surface area (Å²) in [5.41, 5.74) is 0.291. The topological polar surface area (TPSA) is 58.6 Å². The Morgan fingerprint density at radius 1 is 1.23 bits per heavy atom. The molecule has 2 aromatic rings. The second-order valence-electron chi connectivity index (χ2n) is 5.16. The highest BCUT2D eigenvalue weighted by Gasteiger charge is 2.30. The summed E-state index contributed by atoms with van der Waals surface area (Å²) in [4.78, 5) is 26.0. The molecule has 9 heteroatoms. The van der Waals surface area contributed by atoms with Crippen LogP contribution < -0.4 is 10.1 Å². The molecule has 0 bridgehead atoms. The van der Waals surface area contributed by atoms with E-state index in [1.54, 1.807) is 6.08 Å². The molecule has 0 unspecified atom stereocenters. The number of halogens is 3. The van der Waals surface area contributed by atoms with Crippen LogP contribution in [0.15, 0.2) is 47.9 Å². The maximum atomic E-state index is 12.1. The van der Waals surface area contributed by atoms with Gasteiger partial charge in [-0.3, -0.25) is 9.59 Å². The highest BCUT2D eigenvalue weighted by atomic mass is 32.1. The van der Waals surface area contributed by atoms with Gasteiger partial charge >= 0.3 is 6.36 Å². The number of carbonyl (C=O) groups excluding carboxylic acids is 2. The number of likely N-dealkylation sites (N-methyl/N-ethyl adjacent to an activating group) is 1. The summed E-state index contributed by atoms with van der Waals surface area (Å²) < 4.78 is 40.0. The van der Waals surface area contributed by atoms with E-state index in [4.69, 9.17) is 0 Å². The summed E-state index contributed by atoms with van der Waals surface area (Å²) in [6.45, 7) is -0.200. The molecule has 0 saturated carbocycles. The van der Waals surface area contributed by atoms with Crippen molar-refractivity contribution in [2.24, 2.45) is 0 Å². The lowest BCUT2D eigenvalue weighted by atomic mass is 10.3. The smallest absolute Gasteiger partial charge is 0.406 e. The molecule has 0 fully saturated rings. The van der Waals surface area contributed by atoms with E-state index < -0.39 is 12.3 Å². The number of benzene rings is 1. The Bertz CT molecular complexity index is 772. The van der Waals surface area contributed by atoms with Crippen molar-refractivity contribution in [1.82, 2.24) is 4.90 Å². The van der Waals surface area contributed by atoms with Crippen molar-refractivity contribution < 1.29 is 27.5 Å². The molecule has 1 N–H and O–H groups in total. The van der Waals surface area contributed by atoms with Gasteiger partial charge in [0.05, 0.1) is 6.54 Å². The fraction of sp³-hybridized carbons (Fsp3) is 0.176. The number of rotatable bonds is 6. The molecule has 1 heterocycles. The summed E-state index contributed by atoms with van der Waals surface area (Å²) in [5, 5.41) is 4.38. The average molecular weight is 384 g/mol. The van der Waals surface area contributed by atoms with Crippen molar-refractivity contribution in [3.63, 3.8) is 0 Å². The minimum atomic E-state index is -4.77. The normalized spacial score (nSPS) is 11.4. The third-order valence-corrected chi connectivity index (χ3v) is 3.90. The molecular weight excluding hydrogens is 369 g/mol. The van der Waals surface area contributed by atoms with E-state index in [9.17, 15) is 22.8 Å². The number of hydrogen-bond acceptors (Lipinski definition) is 4. The Labute approximate surface area is 151 Å². The summed E-state index contributed by atoms with van der Waals surface area (Å²) in [5.74, 6) is -1.21. The fourth-order valence-corrected chi connectivity index (χ4v) is 2.52. The molecular formula is C17H15F3N2O3S. The van der Waals surface area contributed by atoms with E-state index in [1.165, 1.54) is 41.5 Å². The van der Waals surface area contributed by atoms with Crippen LogP contribution in [0.5, 0.6) is 5.75 Å². The van der Waals surface area contributed by atoms with Crippen LogP contribution in [0, 0.1) is 0 Å². The number of nitrogens with one attached hydrogen (secondary N) is 1. The third kappa shape index (κ3) is 6.60. The molecule has 0 aliphatic carbocycles. The summed E-state index contributed by atoms with van der Waals surface area (Å²) in [7, 11) is 1.47. The number of ether oxygens (including phenoxy) is 1. The van der Waals surface area contributed by atoms with Crippen molar-refractivity contribution >= 4 is 34.9 Å². The second-order valence-corrected chi connectivity index (χ2v) is 6.14. The summed E-state index contributed by atoms with van der Waals surface area (Å²) in [6, 6.07) is 8.43. The maximum absolute atomic E-state index is 12.1. The third-order valence-electron chi connectivity index (χ3n) is 3.06. The largest absolute Gasteiger partial charge is 0.573 e. The van der Waals surface area contributed by atoms with Gasteiger partial charge in [0.1, 0.15) is 5.75 Å². The van der Waals surface area contributed by atoms with Crippen LogP contribution in [0.4, 0.5) is 18.9 Å². The zero-order valence-electron chi connectivity index (χ0n) is 13.6. The van der Waals surface area contributed by atoms with Crippen LogP contribution in [0.25, 0.3) is 6.08 Å². The highest BCUT2D eigenvalue weighted by Crippen LogP contribution is 2.23. The number of amides is 2. The highest BCUT2D eigenvalue weighted by molar-refractivity contribution is 7.10. The van der Waals surface area contributed by atoms with Crippen LogP contribution in [-0.2, 0) is 9.59 Å². The summed E-state index contributed by atoms with van der Waals surface area (Å²) in [6.07, 6.45) is -1.76. The van der Waals surface area contributed by atoms with Gasteiger partial charge in [-0.25, -0.2) is 0 Å².